The smallest absolute Gasteiger partial charge is 0.126 e. The number of benzene rings is 1. The summed E-state index contributed by atoms with van der Waals surface area (Å²) >= 11 is 3.51. The third kappa shape index (κ3) is 5.79. The maximum atomic E-state index is 5.40. The predicted molar refractivity (Wildman–Crippen MR) is 86.7 cm³/mol. The monoisotopic (exact) mass is 325 g/mol. The van der Waals surface area contributed by atoms with Crippen LogP contribution in [-0.4, -0.2) is 20.2 Å². The first kappa shape index (κ1) is 16.3. The summed E-state index contributed by atoms with van der Waals surface area (Å²) in [6, 6.07) is 6.08. The fourth-order valence-corrected chi connectivity index (χ4v) is 2.22. The zero-order valence-electron chi connectivity index (χ0n) is 12.3. The lowest BCUT2D eigenvalue weighted by molar-refractivity contribution is 0.413. The Kier molecular flexibility index (Phi) is 7.17. The van der Waals surface area contributed by atoms with E-state index in [9.17, 15) is 0 Å². The molecule has 0 saturated carbocycles. The second-order valence-corrected chi connectivity index (χ2v) is 5.98. The van der Waals surface area contributed by atoms with Crippen LogP contribution in [0, 0.1) is 5.92 Å². The number of ether oxygens (including phenoxy) is 1. The van der Waals surface area contributed by atoms with Gasteiger partial charge in [-0.1, -0.05) is 48.4 Å². The van der Waals surface area contributed by atoms with Crippen molar-refractivity contribution in [2.24, 2.45) is 5.92 Å². The molecule has 0 bridgehead atoms. The molecule has 1 rings (SSSR count). The second kappa shape index (κ2) is 8.39. The third-order valence-electron chi connectivity index (χ3n) is 2.91. The summed E-state index contributed by atoms with van der Waals surface area (Å²) in [7, 11) is 1.71. The van der Waals surface area contributed by atoms with Crippen LogP contribution in [0.15, 0.2) is 28.2 Å². The molecule has 0 aliphatic carbocycles. The van der Waals surface area contributed by atoms with Gasteiger partial charge in [0.25, 0.3) is 0 Å². The Labute approximate surface area is 125 Å². The van der Waals surface area contributed by atoms with Crippen molar-refractivity contribution < 1.29 is 4.74 Å². The maximum Gasteiger partial charge on any atom is 0.126 e. The summed E-state index contributed by atoms with van der Waals surface area (Å²) in [6.07, 6.45) is 3.26. The van der Waals surface area contributed by atoms with E-state index < -0.39 is 0 Å². The van der Waals surface area contributed by atoms with E-state index in [0.717, 1.165) is 35.3 Å². The van der Waals surface area contributed by atoms with E-state index in [1.165, 1.54) is 5.57 Å². The van der Waals surface area contributed by atoms with Crippen LogP contribution in [0.1, 0.15) is 32.8 Å². The van der Waals surface area contributed by atoms with Crippen LogP contribution in [0.5, 0.6) is 5.75 Å². The van der Waals surface area contributed by atoms with Gasteiger partial charge in [0, 0.05) is 16.6 Å². The average molecular weight is 326 g/mol. The van der Waals surface area contributed by atoms with Gasteiger partial charge in [-0.2, -0.15) is 0 Å². The summed E-state index contributed by atoms with van der Waals surface area (Å²) < 4.78 is 6.48. The maximum absolute atomic E-state index is 5.40. The van der Waals surface area contributed by atoms with E-state index in [4.69, 9.17) is 4.74 Å². The number of hydrogen-bond acceptors (Lipinski definition) is 2. The van der Waals surface area contributed by atoms with E-state index in [1.807, 2.05) is 12.1 Å². The average Bonchev–Trinajstić information content (AvgIpc) is 2.37. The van der Waals surface area contributed by atoms with Crippen molar-refractivity contribution in [3.63, 3.8) is 0 Å². The van der Waals surface area contributed by atoms with Crippen LogP contribution < -0.4 is 10.1 Å². The van der Waals surface area contributed by atoms with E-state index in [0.29, 0.717) is 5.92 Å². The lowest BCUT2D eigenvalue weighted by Gasteiger charge is -2.11. The van der Waals surface area contributed by atoms with Crippen LogP contribution in [0.4, 0.5) is 0 Å². The molecule has 2 nitrogen and oxygen atoms in total. The Morgan fingerprint density at radius 1 is 1.42 bits per heavy atom. The molecule has 106 valence electrons. The molecule has 19 heavy (non-hydrogen) atoms. The molecule has 0 aliphatic heterocycles. The van der Waals surface area contributed by atoms with Gasteiger partial charge in [-0.05, 0) is 37.1 Å². The molecular weight excluding hydrogens is 302 g/mol. The molecule has 3 heteroatoms. The predicted octanol–water partition coefficient (Wildman–Crippen LogP) is 4.50. The van der Waals surface area contributed by atoms with Crippen molar-refractivity contribution in [3.05, 3.63) is 33.8 Å². The summed E-state index contributed by atoms with van der Waals surface area (Å²) in [5, 5.41) is 3.49. The van der Waals surface area contributed by atoms with Crippen LogP contribution in [0.25, 0.3) is 6.08 Å². The molecule has 0 heterocycles. The number of methoxy groups -OCH3 is 1. The minimum atomic E-state index is 0.679. The molecule has 0 aliphatic rings. The van der Waals surface area contributed by atoms with Gasteiger partial charge in [-0.25, -0.2) is 0 Å². The Hall–Kier alpha value is -0.800. The van der Waals surface area contributed by atoms with Gasteiger partial charge < -0.3 is 10.1 Å². The van der Waals surface area contributed by atoms with Crippen LogP contribution in [0.3, 0.4) is 0 Å². The van der Waals surface area contributed by atoms with Crippen molar-refractivity contribution >= 4 is 22.0 Å². The molecule has 0 fully saturated rings. The topological polar surface area (TPSA) is 21.3 Å². The van der Waals surface area contributed by atoms with Gasteiger partial charge in [0.1, 0.15) is 5.75 Å². The molecule has 0 radical (unpaired) electrons. The van der Waals surface area contributed by atoms with E-state index >= 15 is 0 Å². The first-order valence-corrected chi connectivity index (χ1v) is 7.59. The number of halogens is 1. The Morgan fingerprint density at radius 3 is 2.74 bits per heavy atom. The van der Waals surface area contributed by atoms with Crippen molar-refractivity contribution in [2.75, 3.05) is 20.2 Å². The summed E-state index contributed by atoms with van der Waals surface area (Å²) in [5.74, 6) is 1.59. The Balaban J connectivity index is 2.81. The molecule has 0 amide bonds. The fourth-order valence-electron chi connectivity index (χ4n) is 1.84. The van der Waals surface area contributed by atoms with Crippen molar-refractivity contribution in [2.45, 2.75) is 27.2 Å². The zero-order chi connectivity index (χ0) is 14.3. The van der Waals surface area contributed by atoms with Gasteiger partial charge in [0.2, 0.25) is 0 Å². The van der Waals surface area contributed by atoms with Gasteiger partial charge in [-0.15, -0.1) is 0 Å². The largest absolute Gasteiger partial charge is 0.496 e. The quantitative estimate of drug-likeness (QED) is 0.797. The highest BCUT2D eigenvalue weighted by Gasteiger charge is 2.03. The normalized spacial score (nSPS) is 12.0. The highest BCUT2D eigenvalue weighted by Crippen LogP contribution is 2.25. The van der Waals surface area contributed by atoms with Gasteiger partial charge in [0.05, 0.1) is 7.11 Å². The molecule has 0 aromatic heterocycles. The van der Waals surface area contributed by atoms with Crippen molar-refractivity contribution in [1.29, 1.82) is 0 Å². The first-order valence-electron chi connectivity index (χ1n) is 6.80. The SMILES string of the molecule is CCC(=Cc1cc(Br)ccc1OC)CNCC(C)C. The van der Waals surface area contributed by atoms with Crippen LogP contribution >= 0.6 is 15.9 Å². The molecule has 0 saturated heterocycles. The lowest BCUT2D eigenvalue weighted by Crippen LogP contribution is -2.21. The highest BCUT2D eigenvalue weighted by atomic mass is 79.9. The molecule has 0 unspecified atom stereocenters. The molecule has 1 aromatic rings. The number of hydrogen-bond donors (Lipinski definition) is 1. The molecule has 0 spiro atoms. The first-order chi connectivity index (χ1) is 9.06. The minimum absolute atomic E-state index is 0.679. The van der Waals surface area contributed by atoms with E-state index in [-0.39, 0.29) is 0 Å². The van der Waals surface area contributed by atoms with Gasteiger partial charge in [-0.3, -0.25) is 0 Å². The van der Waals surface area contributed by atoms with Crippen LogP contribution in [0.2, 0.25) is 0 Å². The summed E-state index contributed by atoms with van der Waals surface area (Å²) in [6.45, 7) is 8.62. The molecule has 0 atom stereocenters. The van der Waals surface area contributed by atoms with Crippen LogP contribution in [-0.2, 0) is 0 Å². The van der Waals surface area contributed by atoms with Crippen molar-refractivity contribution in [3.8, 4) is 5.75 Å². The van der Waals surface area contributed by atoms with Gasteiger partial charge >= 0.3 is 0 Å². The number of nitrogens with one attached hydrogen (secondary N) is 1. The number of rotatable bonds is 7. The lowest BCUT2D eigenvalue weighted by atomic mass is 10.1. The summed E-state index contributed by atoms with van der Waals surface area (Å²) in [5.41, 5.74) is 2.51. The van der Waals surface area contributed by atoms with E-state index in [1.54, 1.807) is 7.11 Å². The molecule has 1 aromatic carbocycles. The highest BCUT2D eigenvalue weighted by molar-refractivity contribution is 9.10. The Bertz CT molecular complexity index is 427. The zero-order valence-corrected chi connectivity index (χ0v) is 13.9. The van der Waals surface area contributed by atoms with E-state index in [2.05, 4.69) is 54.2 Å². The summed E-state index contributed by atoms with van der Waals surface area (Å²) in [4.78, 5) is 0. The van der Waals surface area contributed by atoms with Crippen molar-refractivity contribution in [1.82, 2.24) is 5.32 Å². The molecule has 1 N–H and O–H groups in total. The second-order valence-electron chi connectivity index (χ2n) is 5.07. The fraction of sp³-hybridized carbons (Fsp3) is 0.500. The standard InChI is InChI=1S/C16H24BrNO/c1-5-13(11-18-10-12(2)3)8-14-9-15(17)6-7-16(14)19-4/h6-9,12,18H,5,10-11H2,1-4H3. The minimum Gasteiger partial charge on any atom is -0.496 e. The van der Waals surface area contributed by atoms with Gasteiger partial charge in [0.15, 0.2) is 0 Å². The third-order valence-corrected chi connectivity index (χ3v) is 3.40. The Morgan fingerprint density at radius 2 is 2.16 bits per heavy atom. The molecular formula is C16H24BrNO.